The first-order chi connectivity index (χ1) is 23.7. The van der Waals surface area contributed by atoms with E-state index >= 15 is 0 Å². The number of fused-ring (bicyclic) bond motifs is 6. The topological polar surface area (TPSA) is 41.1 Å². The molecule has 0 amide bonds. The Bertz CT molecular complexity index is 2660. The third-order valence-electron chi connectivity index (χ3n) is 9.11. The zero-order valence-corrected chi connectivity index (χ0v) is 26.8. The molecular formula is C44H29N3S. The number of aliphatic imine (C=N–C) groups is 1. The first-order valence-corrected chi connectivity index (χ1v) is 16.9. The Hall–Kier alpha value is -6.10. The van der Waals surface area contributed by atoms with Gasteiger partial charge in [0.2, 0.25) is 0 Å². The SMILES string of the molecule is N=C(c1ccccc1)c1ccccc1N=Cc1ccc(-n2c3ccc(-c4ccccc4)cc3c3cc4sc5ccccc5c4cc32)cc1. The van der Waals surface area contributed by atoms with Crippen LogP contribution < -0.4 is 0 Å². The van der Waals surface area contributed by atoms with Crippen molar-refractivity contribution in [2.75, 3.05) is 0 Å². The van der Waals surface area contributed by atoms with Crippen LogP contribution in [0.5, 0.6) is 0 Å². The lowest BCUT2D eigenvalue weighted by Crippen LogP contribution is -2.01. The molecular weight excluding hydrogens is 603 g/mol. The molecule has 0 fully saturated rings. The highest BCUT2D eigenvalue weighted by Crippen LogP contribution is 2.41. The second kappa shape index (κ2) is 11.6. The zero-order chi connectivity index (χ0) is 32.0. The highest BCUT2D eigenvalue weighted by atomic mass is 32.1. The molecule has 0 bridgehead atoms. The van der Waals surface area contributed by atoms with Crippen LogP contribution in [0, 0.1) is 5.41 Å². The van der Waals surface area contributed by atoms with Gasteiger partial charge in [-0.15, -0.1) is 11.3 Å². The molecule has 2 aromatic heterocycles. The number of hydrogen-bond acceptors (Lipinski definition) is 3. The zero-order valence-electron chi connectivity index (χ0n) is 26.0. The Morgan fingerprint density at radius 3 is 2.08 bits per heavy atom. The largest absolute Gasteiger partial charge is 0.309 e. The van der Waals surface area contributed by atoms with Crippen LogP contribution in [0.4, 0.5) is 5.69 Å². The maximum atomic E-state index is 8.81. The van der Waals surface area contributed by atoms with Gasteiger partial charge >= 0.3 is 0 Å². The maximum Gasteiger partial charge on any atom is 0.0723 e. The second-order valence-electron chi connectivity index (χ2n) is 12.0. The lowest BCUT2D eigenvalue weighted by molar-refractivity contribution is 1.18. The average Bonchev–Trinajstić information content (AvgIpc) is 3.68. The molecule has 0 saturated carbocycles. The van der Waals surface area contributed by atoms with Crippen molar-refractivity contribution in [2.24, 2.45) is 4.99 Å². The first-order valence-electron chi connectivity index (χ1n) is 16.0. The molecule has 7 aromatic carbocycles. The summed E-state index contributed by atoms with van der Waals surface area (Å²) in [6.07, 6.45) is 1.89. The minimum atomic E-state index is 0.466. The summed E-state index contributed by atoms with van der Waals surface area (Å²) in [5.74, 6) is 0. The van der Waals surface area contributed by atoms with Crippen LogP contribution in [0.1, 0.15) is 16.7 Å². The summed E-state index contributed by atoms with van der Waals surface area (Å²) in [5.41, 5.74) is 9.83. The van der Waals surface area contributed by atoms with Crippen molar-refractivity contribution in [3.63, 3.8) is 0 Å². The van der Waals surface area contributed by atoms with E-state index in [-0.39, 0.29) is 0 Å². The van der Waals surface area contributed by atoms with Crippen LogP contribution in [-0.2, 0) is 0 Å². The van der Waals surface area contributed by atoms with Gasteiger partial charge in [0.15, 0.2) is 0 Å². The summed E-state index contributed by atoms with van der Waals surface area (Å²) >= 11 is 1.86. The van der Waals surface area contributed by atoms with Gasteiger partial charge in [-0.25, -0.2) is 0 Å². The fraction of sp³-hybridized carbons (Fsp3) is 0. The monoisotopic (exact) mass is 631 g/mol. The van der Waals surface area contributed by atoms with Crippen molar-refractivity contribution in [1.29, 1.82) is 5.41 Å². The van der Waals surface area contributed by atoms with Gasteiger partial charge in [-0.3, -0.25) is 10.4 Å². The van der Waals surface area contributed by atoms with E-state index in [4.69, 9.17) is 10.4 Å². The van der Waals surface area contributed by atoms with Gasteiger partial charge in [0.1, 0.15) is 0 Å². The van der Waals surface area contributed by atoms with Crippen LogP contribution in [0.3, 0.4) is 0 Å². The molecule has 0 aliphatic carbocycles. The van der Waals surface area contributed by atoms with Gasteiger partial charge < -0.3 is 4.57 Å². The van der Waals surface area contributed by atoms with E-state index < -0.39 is 0 Å². The third-order valence-corrected chi connectivity index (χ3v) is 10.2. The molecule has 48 heavy (non-hydrogen) atoms. The van der Waals surface area contributed by atoms with E-state index in [1.807, 2.05) is 72.1 Å². The van der Waals surface area contributed by atoms with E-state index in [0.717, 1.165) is 28.1 Å². The normalized spacial score (nSPS) is 11.8. The van der Waals surface area contributed by atoms with E-state index in [1.165, 1.54) is 53.1 Å². The van der Waals surface area contributed by atoms with Crippen molar-refractivity contribution in [1.82, 2.24) is 4.57 Å². The Balaban J connectivity index is 1.15. The molecule has 0 atom stereocenters. The smallest absolute Gasteiger partial charge is 0.0723 e. The molecule has 0 unspecified atom stereocenters. The molecule has 0 radical (unpaired) electrons. The molecule has 226 valence electrons. The molecule has 0 saturated heterocycles. The van der Waals surface area contributed by atoms with E-state index in [9.17, 15) is 0 Å². The summed E-state index contributed by atoms with van der Waals surface area (Å²) in [6, 6.07) is 57.2. The predicted octanol–water partition coefficient (Wildman–Crippen LogP) is 12.0. The third kappa shape index (κ3) is 4.82. The van der Waals surface area contributed by atoms with E-state index in [0.29, 0.717) is 5.71 Å². The van der Waals surface area contributed by atoms with Crippen LogP contribution in [-0.4, -0.2) is 16.5 Å². The van der Waals surface area contributed by atoms with E-state index in [2.05, 4.69) is 114 Å². The fourth-order valence-electron chi connectivity index (χ4n) is 6.74. The number of nitrogens with zero attached hydrogens (tertiary/aromatic N) is 2. The number of benzene rings is 7. The van der Waals surface area contributed by atoms with Crippen LogP contribution in [0.15, 0.2) is 169 Å². The predicted molar refractivity (Wildman–Crippen MR) is 205 cm³/mol. The molecule has 0 aliphatic rings. The molecule has 9 rings (SSSR count). The summed E-state index contributed by atoms with van der Waals surface area (Å²) in [5, 5.41) is 13.9. The molecule has 4 heteroatoms. The van der Waals surface area contributed by atoms with Crippen molar-refractivity contribution in [3.8, 4) is 16.8 Å². The lowest BCUT2D eigenvalue weighted by atomic mass is 10.0. The standard InChI is InChI=1S/C44H29N3S/c45-44(31-13-5-2-6-14-31)35-16-7-9-17-39(35)46-28-29-19-22-33(23-20-29)47-40-24-21-32(30-11-3-1-4-12-30)25-36(40)37-27-43-38(26-41(37)47)34-15-8-10-18-42(34)48-43/h1-28,45H. The molecule has 2 heterocycles. The number of aromatic nitrogens is 1. The van der Waals surface area contributed by atoms with Crippen molar-refractivity contribution in [2.45, 2.75) is 0 Å². The summed E-state index contributed by atoms with van der Waals surface area (Å²) in [7, 11) is 0. The summed E-state index contributed by atoms with van der Waals surface area (Å²) < 4.78 is 5.01. The van der Waals surface area contributed by atoms with Crippen LogP contribution >= 0.6 is 11.3 Å². The summed E-state index contributed by atoms with van der Waals surface area (Å²) in [4.78, 5) is 4.84. The van der Waals surface area contributed by atoms with Gasteiger partial charge in [-0.1, -0.05) is 115 Å². The Kier molecular flexibility index (Phi) is 6.81. The highest BCUT2D eigenvalue weighted by Gasteiger charge is 2.17. The lowest BCUT2D eigenvalue weighted by Gasteiger charge is -2.09. The van der Waals surface area contributed by atoms with Crippen molar-refractivity contribution < 1.29 is 0 Å². The minimum absolute atomic E-state index is 0.466. The number of para-hydroxylation sites is 1. The Morgan fingerprint density at radius 2 is 1.25 bits per heavy atom. The number of hydrogen-bond donors (Lipinski definition) is 1. The summed E-state index contributed by atoms with van der Waals surface area (Å²) in [6.45, 7) is 0. The van der Waals surface area contributed by atoms with Gasteiger partial charge in [0.25, 0.3) is 0 Å². The van der Waals surface area contributed by atoms with Crippen molar-refractivity contribution in [3.05, 3.63) is 180 Å². The number of nitrogens with one attached hydrogen (secondary N) is 1. The second-order valence-corrected chi connectivity index (χ2v) is 13.1. The number of thiophene rings is 1. The van der Waals surface area contributed by atoms with E-state index in [1.54, 1.807) is 0 Å². The van der Waals surface area contributed by atoms with Gasteiger partial charge in [0.05, 0.1) is 22.4 Å². The van der Waals surface area contributed by atoms with Crippen LogP contribution in [0.2, 0.25) is 0 Å². The molecule has 0 spiro atoms. The van der Waals surface area contributed by atoms with Crippen LogP contribution in [0.25, 0.3) is 58.8 Å². The van der Waals surface area contributed by atoms with Gasteiger partial charge in [-0.2, -0.15) is 0 Å². The van der Waals surface area contributed by atoms with Crippen molar-refractivity contribution >= 4 is 70.9 Å². The quantitative estimate of drug-likeness (QED) is 0.177. The molecule has 0 aliphatic heterocycles. The fourth-order valence-corrected chi connectivity index (χ4v) is 7.86. The Morgan fingerprint density at radius 1 is 0.542 bits per heavy atom. The first kappa shape index (κ1) is 28.1. The number of rotatable bonds is 6. The van der Waals surface area contributed by atoms with Gasteiger partial charge in [-0.05, 0) is 65.2 Å². The van der Waals surface area contributed by atoms with Gasteiger partial charge in [0, 0.05) is 54.0 Å². The molecule has 3 nitrogen and oxygen atoms in total. The average molecular weight is 632 g/mol. The molecule has 9 aromatic rings. The highest BCUT2D eigenvalue weighted by molar-refractivity contribution is 7.25. The Labute approximate surface area is 282 Å². The maximum absolute atomic E-state index is 8.81. The molecule has 1 N–H and O–H groups in total. The minimum Gasteiger partial charge on any atom is -0.309 e.